The van der Waals surface area contributed by atoms with Crippen LogP contribution in [0, 0.1) is 5.82 Å². The van der Waals surface area contributed by atoms with Crippen LogP contribution in [0.15, 0.2) is 65.6 Å². The summed E-state index contributed by atoms with van der Waals surface area (Å²) in [6.45, 7) is 0. The summed E-state index contributed by atoms with van der Waals surface area (Å²) >= 11 is 5.94. The number of hydrogen-bond acceptors (Lipinski definition) is 5. The highest BCUT2D eigenvalue weighted by molar-refractivity contribution is 7.92. The first-order chi connectivity index (χ1) is 15.1. The molecule has 0 fully saturated rings. The van der Waals surface area contributed by atoms with E-state index in [1.807, 2.05) is 0 Å². The maximum Gasteiger partial charge on any atom is 0.262 e. The van der Waals surface area contributed by atoms with E-state index in [0.29, 0.717) is 5.02 Å². The average Bonchev–Trinajstić information content (AvgIpc) is 2.75. The van der Waals surface area contributed by atoms with Gasteiger partial charge >= 0.3 is 0 Å². The van der Waals surface area contributed by atoms with Gasteiger partial charge in [-0.25, -0.2) is 12.8 Å². The number of amides is 2. The van der Waals surface area contributed by atoms with Gasteiger partial charge in [-0.3, -0.25) is 14.3 Å². The summed E-state index contributed by atoms with van der Waals surface area (Å²) in [5, 5.41) is 2.77. The SMILES string of the molecule is COc1ccc(Cl)cc1NS(=O)(=O)c1cccc(C(=O)Nc2ccc(F)c(C(N)=O)c2)c1. The Hall–Kier alpha value is -3.63. The Morgan fingerprint density at radius 2 is 1.81 bits per heavy atom. The molecule has 3 aromatic carbocycles. The van der Waals surface area contributed by atoms with Crippen LogP contribution in [-0.4, -0.2) is 27.3 Å². The maximum absolute atomic E-state index is 13.6. The second kappa shape index (κ2) is 9.25. The van der Waals surface area contributed by atoms with Crippen LogP contribution in [0.5, 0.6) is 5.75 Å². The van der Waals surface area contributed by atoms with Crippen molar-refractivity contribution in [1.82, 2.24) is 0 Å². The lowest BCUT2D eigenvalue weighted by atomic mass is 10.1. The average molecular weight is 478 g/mol. The highest BCUT2D eigenvalue weighted by Gasteiger charge is 2.19. The number of carbonyl (C=O) groups is 2. The smallest absolute Gasteiger partial charge is 0.262 e. The quantitative estimate of drug-likeness (QED) is 0.478. The van der Waals surface area contributed by atoms with Crippen LogP contribution >= 0.6 is 11.6 Å². The molecule has 166 valence electrons. The van der Waals surface area contributed by atoms with Crippen LogP contribution in [0.4, 0.5) is 15.8 Å². The van der Waals surface area contributed by atoms with Gasteiger partial charge in [0.2, 0.25) is 0 Å². The van der Waals surface area contributed by atoms with Crippen LogP contribution < -0.4 is 20.5 Å². The summed E-state index contributed by atoms with van der Waals surface area (Å²) in [5.74, 6) is -2.24. The zero-order valence-electron chi connectivity index (χ0n) is 16.6. The van der Waals surface area contributed by atoms with E-state index >= 15 is 0 Å². The highest BCUT2D eigenvalue weighted by atomic mass is 35.5. The molecule has 0 unspecified atom stereocenters. The predicted octanol–water partition coefficient (Wildman–Crippen LogP) is 3.64. The van der Waals surface area contributed by atoms with E-state index in [4.69, 9.17) is 22.1 Å². The number of sulfonamides is 1. The van der Waals surface area contributed by atoms with Crippen molar-refractivity contribution >= 4 is 44.8 Å². The molecular formula is C21H17ClFN3O5S. The summed E-state index contributed by atoms with van der Waals surface area (Å²) in [6, 6.07) is 13.0. The first-order valence-electron chi connectivity index (χ1n) is 8.98. The largest absolute Gasteiger partial charge is 0.495 e. The van der Waals surface area contributed by atoms with E-state index in [1.165, 1.54) is 43.5 Å². The van der Waals surface area contributed by atoms with Crippen molar-refractivity contribution < 1.29 is 27.1 Å². The molecule has 0 radical (unpaired) electrons. The van der Waals surface area contributed by atoms with Gasteiger partial charge in [0.1, 0.15) is 11.6 Å². The number of nitrogens with one attached hydrogen (secondary N) is 2. The van der Waals surface area contributed by atoms with Gasteiger partial charge in [0, 0.05) is 16.3 Å². The third kappa shape index (κ3) is 5.16. The summed E-state index contributed by atoms with van der Waals surface area (Å²) in [5.41, 5.74) is 4.96. The third-order valence-corrected chi connectivity index (χ3v) is 5.90. The number of primary amides is 1. The molecule has 0 spiro atoms. The van der Waals surface area contributed by atoms with Crippen molar-refractivity contribution in [2.45, 2.75) is 4.90 Å². The van der Waals surface area contributed by atoms with Crippen molar-refractivity contribution in [2.75, 3.05) is 17.1 Å². The number of nitrogens with two attached hydrogens (primary N) is 1. The second-order valence-corrected chi connectivity index (χ2v) is 8.61. The van der Waals surface area contributed by atoms with Crippen LogP contribution in [0.2, 0.25) is 5.02 Å². The van der Waals surface area contributed by atoms with Gasteiger partial charge in [-0.05, 0) is 54.6 Å². The van der Waals surface area contributed by atoms with E-state index in [1.54, 1.807) is 6.07 Å². The molecule has 4 N–H and O–H groups in total. The fourth-order valence-electron chi connectivity index (χ4n) is 2.76. The van der Waals surface area contributed by atoms with Gasteiger partial charge in [0.25, 0.3) is 21.8 Å². The van der Waals surface area contributed by atoms with E-state index in [2.05, 4.69) is 10.0 Å². The molecule has 2 amide bonds. The summed E-state index contributed by atoms with van der Waals surface area (Å²) in [6.07, 6.45) is 0. The van der Waals surface area contributed by atoms with Gasteiger partial charge in [0.15, 0.2) is 0 Å². The Bertz CT molecular complexity index is 1310. The molecule has 0 saturated carbocycles. The third-order valence-electron chi connectivity index (χ3n) is 4.30. The lowest BCUT2D eigenvalue weighted by Crippen LogP contribution is -2.17. The Morgan fingerprint density at radius 3 is 2.50 bits per heavy atom. The molecule has 0 aliphatic carbocycles. The van der Waals surface area contributed by atoms with Gasteiger partial charge in [-0.2, -0.15) is 0 Å². The molecule has 0 aliphatic heterocycles. The zero-order valence-corrected chi connectivity index (χ0v) is 18.1. The number of hydrogen-bond donors (Lipinski definition) is 3. The lowest BCUT2D eigenvalue weighted by Gasteiger charge is -2.13. The van der Waals surface area contributed by atoms with Gasteiger partial charge < -0.3 is 15.8 Å². The van der Waals surface area contributed by atoms with Crippen LogP contribution in [0.25, 0.3) is 0 Å². The monoisotopic (exact) mass is 477 g/mol. The molecule has 0 heterocycles. The number of anilines is 2. The van der Waals surface area contributed by atoms with Crippen molar-refractivity contribution in [3.05, 3.63) is 82.6 Å². The van der Waals surface area contributed by atoms with Gasteiger partial charge in [-0.15, -0.1) is 0 Å². The maximum atomic E-state index is 13.6. The van der Waals surface area contributed by atoms with E-state index in [9.17, 15) is 22.4 Å². The molecule has 3 aromatic rings. The van der Waals surface area contributed by atoms with Crippen molar-refractivity contribution in [3.8, 4) is 5.75 Å². The van der Waals surface area contributed by atoms with Crippen molar-refractivity contribution in [1.29, 1.82) is 0 Å². The summed E-state index contributed by atoms with van der Waals surface area (Å²) in [4.78, 5) is 23.7. The predicted molar refractivity (Wildman–Crippen MR) is 118 cm³/mol. The standard InChI is InChI=1S/C21H17ClFN3O5S/c1-31-19-8-5-13(22)10-18(19)26-32(29,30)15-4-2-3-12(9-15)21(28)25-14-6-7-17(23)16(11-14)20(24)27/h2-11,26H,1H3,(H2,24,27)(H,25,28). The second-order valence-electron chi connectivity index (χ2n) is 6.49. The van der Waals surface area contributed by atoms with Gasteiger partial charge in [-0.1, -0.05) is 17.7 Å². The Morgan fingerprint density at radius 1 is 1.06 bits per heavy atom. The van der Waals surface area contributed by atoms with Gasteiger partial charge in [0.05, 0.1) is 23.3 Å². The van der Waals surface area contributed by atoms with Crippen LogP contribution in [-0.2, 0) is 10.0 Å². The number of rotatable bonds is 7. The fraction of sp³-hybridized carbons (Fsp3) is 0.0476. The molecule has 8 nitrogen and oxygen atoms in total. The van der Waals surface area contributed by atoms with E-state index in [-0.39, 0.29) is 27.6 Å². The lowest BCUT2D eigenvalue weighted by molar-refractivity contribution is 0.0992. The number of halogens is 2. The summed E-state index contributed by atoms with van der Waals surface area (Å²) < 4.78 is 46.8. The molecule has 0 aliphatic rings. The molecule has 0 bridgehead atoms. The van der Waals surface area contributed by atoms with E-state index < -0.39 is 33.2 Å². The minimum absolute atomic E-state index is 0.0101. The molecule has 3 rings (SSSR count). The van der Waals surface area contributed by atoms with Crippen LogP contribution in [0.1, 0.15) is 20.7 Å². The van der Waals surface area contributed by atoms with Crippen molar-refractivity contribution in [2.24, 2.45) is 5.73 Å². The highest BCUT2D eigenvalue weighted by Crippen LogP contribution is 2.30. The Labute approximate surface area is 188 Å². The number of carbonyl (C=O) groups excluding carboxylic acids is 2. The first-order valence-corrected chi connectivity index (χ1v) is 10.8. The number of methoxy groups -OCH3 is 1. The van der Waals surface area contributed by atoms with E-state index in [0.717, 1.165) is 18.2 Å². The van der Waals surface area contributed by atoms with Crippen LogP contribution in [0.3, 0.4) is 0 Å². The Balaban J connectivity index is 1.86. The normalized spacial score (nSPS) is 11.0. The minimum atomic E-state index is -4.09. The number of benzene rings is 3. The Kier molecular flexibility index (Phi) is 6.66. The summed E-state index contributed by atoms with van der Waals surface area (Å²) in [7, 11) is -2.71. The molecular weight excluding hydrogens is 461 g/mol. The fourth-order valence-corrected chi connectivity index (χ4v) is 4.04. The molecule has 0 aromatic heterocycles. The minimum Gasteiger partial charge on any atom is -0.495 e. The molecule has 32 heavy (non-hydrogen) atoms. The number of ether oxygens (including phenoxy) is 1. The molecule has 0 saturated heterocycles. The molecule has 0 atom stereocenters. The van der Waals surface area contributed by atoms with Crippen molar-refractivity contribution in [3.63, 3.8) is 0 Å². The molecule has 11 heteroatoms. The zero-order chi connectivity index (χ0) is 23.5. The topological polar surface area (TPSA) is 128 Å². The first kappa shape index (κ1) is 23.0.